The third-order valence-electron chi connectivity index (χ3n) is 3.60. The zero-order valence-corrected chi connectivity index (χ0v) is 11.4. The van der Waals surface area contributed by atoms with Crippen LogP contribution < -0.4 is 0 Å². The van der Waals surface area contributed by atoms with Crippen molar-refractivity contribution in [2.24, 2.45) is 0 Å². The molecule has 3 rings (SSSR count). The number of benzene rings is 1. The summed E-state index contributed by atoms with van der Waals surface area (Å²) in [4.78, 5) is 0. The van der Waals surface area contributed by atoms with Crippen LogP contribution in [0.1, 0.15) is 5.76 Å². The van der Waals surface area contributed by atoms with Crippen molar-refractivity contribution < 1.29 is 19.0 Å². The van der Waals surface area contributed by atoms with Crippen LogP contribution in [0.3, 0.4) is 0 Å². The lowest BCUT2D eigenvalue weighted by Gasteiger charge is -2.30. The van der Waals surface area contributed by atoms with Crippen molar-refractivity contribution in [1.29, 1.82) is 0 Å². The lowest BCUT2D eigenvalue weighted by Crippen LogP contribution is -2.34. The highest BCUT2D eigenvalue weighted by Crippen LogP contribution is 2.35. The second-order valence-electron chi connectivity index (χ2n) is 4.77. The van der Waals surface area contributed by atoms with Crippen LogP contribution in [0.25, 0.3) is 11.0 Å². The predicted octanol–water partition coefficient (Wildman–Crippen LogP) is 2.74. The number of hydrogen-bond donors (Lipinski definition) is 1. The zero-order chi connectivity index (χ0) is 14.2. The van der Waals surface area contributed by atoms with E-state index in [0.29, 0.717) is 5.76 Å². The highest BCUT2D eigenvalue weighted by atomic mass is 16.7. The van der Waals surface area contributed by atoms with Crippen molar-refractivity contribution in [2.75, 3.05) is 14.2 Å². The number of methoxy groups -OCH3 is 2. The van der Waals surface area contributed by atoms with E-state index in [1.165, 1.54) is 0 Å². The molecule has 0 radical (unpaired) electrons. The summed E-state index contributed by atoms with van der Waals surface area (Å²) in [5.41, 5.74) is -0.549. The molecule has 0 atom stereocenters. The fourth-order valence-electron chi connectivity index (χ4n) is 2.30. The monoisotopic (exact) mass is 272 g/mol. The van der Waals surface area contributed by atoms with Gasteiger partial charge in [-0.05, 0) is 36.4 Å². The molecule has 4 heteroatoms. The SMILES string of the molecule is COC1(OC)C=CC(O)(c2cc3ccccc3o2)C=C1. The summed E-state index contributed by atoms with van der Waals surface area (Å²) >= 11 is 0. The molecule has 1 aromatic carbocycles. The van der Waals surface area contributed by atoms with Crippen molar-refractivity contribution in [3.63, 3.8) is 0 Å². The molecule has 0 aliphatic heterocycles. The smallest absolute Gasteiger partial charge is 0.207 e. The molecule has 0 unspecified atom stereocenters. The minimum absolute atomic E-state index is 0.465. The Morgan fingerprint density at radius 1 is 1.00 bits per heavy atom. The van der Waals surface area contributed by atoms with Crippen molar-refractivity contribution in [2.45, 2.75) is 11.4 Å². The maximum absolute atomic E-state index is 10.7. The average molecular weight is 272 g/mol. The van der Waals surface area contributed by atoms with E-state index in [2.05, 4.69) is 0 Å². The van der Waals surface area contributed by atoms with Crippen LogP contribution in [-0.4, -0.2) is 25.1 Å². The molecule has 0 bridgehead atoms. The molecule has 1 aromatic heterocycles. The summed E-state index contributed by atoms with van der Waals surface area (Å²) < 4.78 is 16.3. The molecule has 20 heavy (non-hydrogen) atoms. The molecule has 1 heterocycles. The molecule has 0 amide bonds. The number of furan rings is 1. The van der Waals surface area contributed by atoms with Crippen LogP contribution in [0.4, 0.5) is 0 Å². The van der Waals surface area contributed by atoms with Crippen LogP contribution in [0.5, 0.6) is 0 Å². The van der Waals surface area contributed by atoms with Crippen molar-refractivity contribution in [3.8, 4) is 0 Å². The second kappa shape index (κ2) is 4.59. The molecule has 0 spiro atoms. The standard InChI is InChI=1S/C16H16O4/c1-18-16(19-2)9-7-15(17,8-10-16)14-11-12-5-3-4-6-13(12)20-14/h3-11,17H,1-2H3. The first-order valence-electron chi connectivity index (χ1n) is 6.33. The Hall–Kier alpha value is -1.88. The third kappa shape index (κ3) is 1.98. The number of para-hydroxylation sites is 1. The van der Waals surface area contributed by atoms with Gasteiger partial charge in [0.1, 0.15) is 11.3 Å². The van der Waals surface area contributed by atoms with Crippen molar-refractivity contribution in [1.82, 2.24) is 0 Å². The molecular weight excluding hydrogens is 256 g/mol. The summed E-state index contributed by atoms with van der Waals surface area (Å²) in [5.74, 6) is -0.467. The Bertz CT molecular complexity index is 628. The van der Waals surface area contributed by atoms with Crippen LogP contribution >= 0.6 is 0 Å². The molecule has 4 nitrogen and oxygen atoms in total. The van der Waals surface area contributed by atoms with Gasteiger partial charge in [0, 0.05) is 19.6 Å². The van der Waals surface area contributed by atoms with E-state index in [-0.39, 0.29) is 0 Å². The van der Waals surface area contributed by atoms with Gasteiger partial charge in [-0.15, -0.1) is 0 Å². The molecular formula is C16H16O4. The Morgan fingerprint density at radius 3 is 2.25 bits per heavy atom. The maximum atomic E-state index is 10.7. The molecule has 104 valence electrons. The van der Waals surface area contributed by atoms with Crippen molar-refractivity contribution >= 4 is 11.0 Å². The largest absolute Gasteiger partial charge is 0.457 e. The lowest BCUT2D eigenvalue weighted by atomic mass is 9.92. The number of hydrogen-bond acceptors (Lipinski definition) is 4. The van der Waals surface area contributed by atoms with E-state index in [1.54, 1.807) is 38.5 Å². The molecule has 2 aromatic rings. The van der Waals surface area contributed by atoms with Crippen LogP contribution in [0.2, 0.25) is 0 Å². The Kier molecular flexibility index (Phi) is 3.01. The number of rotatable bonds is 3. The van der Waals surface area contributed by atoms with Gasteiger partial charge in [0.05, 0.1) is 0 Å². The van der Waals surface area contributed by atoms with Gasteiger partial charge in [-0.3, -0.25) is 0 Å². The van der Waals surface area contributed by atoms with Gasteiger partial charge < -0.3 is 19.0 Å². The maximum Gasteiger partial charge on any atom is 0.207 e. The first-order valence-corrected chi connectivity index (χ1v) is 6.33. The van der Waals surface area contributed by atoms with Gasteiger partial charge in [-0.25, -0.2) is 0 Å². The summed E-state index contributed by atoms with van der Waals surface area (Å²) in [5, 5.41) is 11.6. The van der Waals surface area contributed by atoms with Crippen LogP contribution in [0, 0.1) is 0 Å². The van der Waals surface area contributed by atoms with E-state index in [0.717, 1.165) is 11.0 Å². The minimum atomic E-state index is -1.29. The van der Waals surface area contributed by atoms with Gasteiger partial charge in [0.2, 0.25) is 5.79 Å². The number of aliphatic hydroxyl groups is 1. The summed E-state index contributed by atoms with van der Waals surface area (Å²) in [6.07, 6.45) is 6.55. The predicted molar refractivity (Wildman–Crippen MR) is 75.1 cm³/mol. The van der Waals surface area contributed by atoms with Gasteiger partial charge in [0.25, 0.3) is 0 Å². The van der Waals surface area contributed by atoms with Gasteiger partial charge in [-0.1, -0.05) is 18.2 Å². The van der Waals surface area contributed by atoms with Crippen LogP contribution in [0.15, 0.2) is 59.1 Å². The van der Waals surface area contributed by atoms with E-state index in [4.69, 9.17) is 13.9 Å². The van der Waals surface area contributed by atoms with E-state index in [1.807, 2.05) is 30.3 Å². The molecule has 1 N–H and O–H groups in total. The Morgan fingerprint density at radius 2 is 1.65 bits per heavy atom. The number of fused-ring (bicyclic) bond motifs is 1. The molecule has 1 aliphatic carbocycles. The molecule has 0 fully saturated rings. The van der Waals surface area contributed by atoms with E-state index < -0.39 is 11.4 Å². The van der Waals surface area contributed by atoms with E-state index in [9.17, 15) is 5.11 Å². The van der Waals surface area contributed by atoms with E-state index >= 15 is 0 Å². The Balaban J connectivity index is 2.00. The second-order valence-corrected chi connectivity index (χ2v) is 4.77. The lowest BCUT2D eigenvalue weighted by molar-refractivity contribution is -0.136. The highest BCUT2D eigenvalue weighted by Gasteiger charge is 2.35. The van der Waals surface area contributed by atoms with Gasteiger partial charge >= 0.3 is 0 Å². The normalized spacial score (nSPS) is 19.6. The van der Waals surface area contributed by atoms with Gasteiger partial charge in [-0.2, -0.15) is 0 Å². The minimum Gasteiger partial charge on any atom is -0.457 e. The molecule has 1 aliphatic rings. The summed E-state index contributed by atoms with van der Waals surface area (Å²) in [7, 11) is 3.09. The molecule has 0 saturated carbocycles. The zero-order valence-electron chi connectivity index (χ0n) is 11.4. The fraction of sp³-hybridized carbons (Fsp3) is 0.250. The van der Waals surface area contributed by atoms with Crippen LogP contribution in [-0.2, 0) is 15.1 Å². The fourth-order valence-corrected chi connectivity index (χ4v) is 2.30. The average Bonchev–Trinajstić information content (AvgIpc) is 2.93. The highest BCUT2D eigenvalue weighted by molar-refractivity contribution is 5.78. The molecule has 0 saturated heterocycles. The topological polar surface area (TPSA) is 51.8 Å². The number of ether oxygens (including phenoxy) is 2. The summed E-state index contributed by atoms with van der Waals surface area (Å²) in [6, 6.07) is 9.46. The first-order chi connectivity index (χ1) is 9.61. The third-order valence-corrected chi connectivity index (χ3v) is 3.60. The quantitative estimate of drug-likeness (QED) is 0.689. The van der Waals surface area contributed by atoms with Gasteiger partial charge in [0.15, 0.2) is 5.60 Å². The first kappa shape index (κ1) is 13.1. The summed E-state index contributed by atoms with van der Waals surface area (Å²) in [6.45, 7) is 0. The van der Waals surface area contributed by atoms with Crippen molar-refractivity contribution in [3.05, 3.63) is 60.4 Å². The Labute approximate surface area is 116 Å².